The molecule has 3 aromatic carbocycles. The molecule has 1 N–H and O–H groups in total. The minimum atomic E-state index is 0.256. The van der Waals surface area contributed by atoms with Crippen molar-refractivity contribution >= 4 is 10.9 Å². The second-order valence-corrected chi connectivity index (χ2v) is 7.41. The smallest absolute Gasteiger partial charge is 0.118 e. The Hall–Kier alpha value is -3.26. The number of ether oxygens (including phenoxy) is 1. The predicted octanol–water partition coefficient (Wildman–Crippen LogP) is 6.03. The van der Waals surface area contributed by atoms with E-state index in [1.807, 2.05) is 0 Å². The highest BCUT2D eigenvalue weighted by molar-refractivity contribution is 5.87. The van der Waals surface area contributed by atoms with Crippen molar-refractivity contribution in [3.05, 3.63) is 113 Å². The second kappa shape index (κ2) is 7.05. The van der Waals surface area contributed by atoms with Crippen molar-refractivity contribution in [1.82, 2.24) is 4.98 Å². The third-order valence-corrected chi connectivity index (χ3v) is 5.76. The topological polar surface area (TPSA) is 25.0 Å². The van der Waals surface area contributed by atoms with Gasteiger partial charge in [-0.05, 0) is 41.3 Å². The number of benzene rings is 3. The zero-order valence-corrected chi connectivity index (χ0v) is 16.0. The Bertz CT molecular complexity index is 1140. The molecule has 0 radical (unpaired) electrons. The number of methoxy groups -OCH3 is 1. The van der Waals surface area contributed by atoms with E-state index in [0.717, 1.165) is 18.6 Å². The second-order valence-electron chi connectivity index (χ2n) is 7.41. The van der Waals surface area contributed by atoms with E-state index in [2.05, 4.69) is 89.9 Å². The summed E-state index contributed by atoms with van der Waals surface area (Å²) in [6, 6.07) is 28.0. The van der Waals surface area contributed by atoms with Crippen LogP contribution in [0.3, 0.4) is 0 Å². The minimum absolute atomic E-state index is 0.256. The molecule has 0 bridgehead atoms. The highest BCUT2D eigenvalue weighted by Crippen LogP contribution is 2.43. The lowest BCUT2D eigenvalue weighted by Crippen LogP contribution is -2.13. The van der Waals surface area contributed by atoms with Gasteiger partial charge in [0.15, 0.2) is 0 Å². The fraction of sp³-hybridized carbons (Fsp3) is 0.154. The van der Waals surface area contributed by atoms with Gasteiger partial charge in [0.2, 0.25) is 0 Å². The number of hydrogen-bond acceptors (Lipinski definition) is 1. The molecule has 28 heavy (non-hydrogen) atoms. The standard InChI is InChI=1S/C26H23NO/c1-28-21-14-11-19(12-15-21)25-20(17-18-7-3-2-4-8-18)13-16-24-26(25)22-9-5-6-10-23(22)27-24/h2-15,25,27H,16-17H2,1H3. The molecule has 2 nitrogen and oxygen atoms in total. The Morgan fingerprint density at radius 1 is 0.893 bits per heavy atom. The van der Waals surface area contributed by atoms with Crippen molar-refractivity contribution < 1.29 is 4.74 Å². The van der Waals surface area contributed by atoms with Crippen LogP contribution >= 0.6 is 0 Å². The Balaban J connectivity index is 1.65. The molecule has 1 aliphatic rings. The van der Waals surface area contributed by atoms with E-state index in [1.54, 1.807) is 7.11 Å². The van der Waals surface area contributed by atoms with Crippen LogP contribution in [0.25, 0.3) is 10.9 Å². The Labute approximate surface area is 165 Å². The average molecular weight is 365 g/mol. The number of aromatic amines is 1. The summed E-state index contributed by atoms with van der Waals surface area (Å²) < 4.78 is 5.38. The molecule has 1 aliphatic carbocycles. The molecular formula is C26H23NO. The molecule has 0 spiro atoms. The van der Waals surface area contributed by atoms with Gasteiger partial charge in [-0.25, -0.2) is 0 Å². The molecule has 0 saturated carbocycles. The van der Waals surface area contributed by atoms with Crippen molar-refractivity contribution in [2.24, 2.45) is 0 Å². The zero-order valence-electron chi connectivity index (χ0n) is 16.0. The molecule has 4 aromatic rings. The van der Waals surface area contributed by atoms with E-state index in [4.69, 9.17) is 4.74 Å². The Kier molecular flexibility index (Phi) is 4.25. The summed E-state index contributed by atoms with van der Waals surface area (Å²) in [5.74, 6) is 1.15. The number of nitrogens with one attached hydrogen (secondary N) is 1. The van der Waals surface area contributed by atoms with E-state index in [1.165, 1.54) is 38.9 Å². The number of para-hydroxylation sites is 1. The van der Waals surface area contributed by atoms with Crippen molar-refractivity contribution in [2.45, 2.75) is 18.8 Å². The molecule has 1 aromatic heterocycles. The summed E-state index contributed by atoms with van der Waals surface area (Å²) in [4.78, 5) is 3.65. The molecular weight excluding hydrogens is 342 g/mol. The number of fused-ring (bicyclic) bond motifs is 3. The van der Waals surface area contributed by atoms with Crippen LogP contribution in [0.5, 0.6) is 5.75 Å². The fourth-order valence-electron chi connectivity index (χ4n) is 4.43. The van der Waals surface area contributed by atoms with Crippen LogP contribution < -0.4 is 4.74 Å². The first-order valence-corrected chi connectivity index (χ1v) is 9.80. The molecule has 2 heteroatoms. The van der Waals surface area contributed by atoms with E-state index in [9.17, 15) is 0 Å². The van der Waals surface area contributed by atoms with Gasteiger partial charge in [0.05, 0.1) is 7.11 Å². The maximum absolute atomic E-state index is 5.38. The van der Waals surface area contributed by atoms with Gasteiger partial charge in [0.1, 0.15) is 5.75 Å². The van der Waals surface area contributed by atoms with Gasteiger partial charge in [0.25, 0.3) is 0 Å². The molecule has 1 atom stereocenters. The van der Waals surface area contributed by atoms with E-state index in [-0.39, 0.29) is 5.92 Å². The molecule has 138 valence electrons. The molecule has 1 heterocycles. The first-order chi connectivity index (χ1) is 13.8. The van der Waals surface area contributed by atoms with Crippen molar-refractivity contribution in [2.75, 3.05) is 7.11 Å². The maximum atomic E-state index is 5.38. The van der Waals surface area contributed by atoms with Gasteiger partial charge < -0.3 is 9.72 Å². The molecule has 5 rings (SSSR count). The van der Waals surface area contributed by atoms with Crippen molar-refractivity contribution in [1.29, 1.82) is 0 Å². The first kappa shape index (κ1) is 16.9. The summed E-state index contributed by atoms with van der Waals surface area (Å²) in [6.45, 7) is 0. The third-order valence-electron chi connectivity index (χ3n) is 5.76. The summed E-state index contributed by atoms with van der Waals surface area (Å²) >= 11 is 0. The minimum Gasteiger partial charge on any atom is -0.497 e. The number of H-pyrrole nitrogens is 1. The van der Waals surface area contributed by atoms with Crippen LogP contribution in [0.1, 0.15) is 28.3 Å². The van der Waals surface area contributed by atoms with Crippen LogP contribution in [-0.4, -0.2) is 12.1 Å². The van der Waals surface area contributed by atoms with Gasteiger partial charge in [-0.15, -0.1) is 0 Å². The molecule has 0 aliphatic heterocycles. The van der Waals surface area contributed by atoms with Gasteiger partial charge >= 0.3 is 0 Å². The van der Waals surface area contributed by atoms with Gasteiger partial charge in [-0.2, -0.15) is 0 Å². The highest BCUT2D eigenvalue weighted by Gasteiger charge is 2.28. The van der Waals surface area contributed by atoms with Crippen LogP contribution in [0, 0.1) is 0 Å². The zero-order chi connectivity index (χ0) is 18.9. The quantitative estimate of drug-likeness (QED) is 0.439. The van der Waals surface area contributed by atoms with Gasteiger partial charge in [0, 0.05) is 28.9 Å². The number of allylic oxidation sites excluding steroid dienone is 2. The molecule has 0 saturated heterocycles. The number of aromatic nitrogens is 1. The van der Waals surface area contributed by atoms with E-state index in [0.29, 0.717) is 0 Å². The predicted molar refractivity (Wildman–Crippen MR) is 115 cm³/mol. The summed E-state index contributed by atoms with van der Waals surface area (Å²) in [7, 11) is 1.72. The number of hydrogen-bond donors (Lipinski definition) is 1. The van der Waals surface area contributed by atoms with Gasteiger partial charge in [-0.1, -0.05) is 72.3 Å². The molecule has 1 unspecified atom stereocenters. The lowest BCUT2D eigenvalue weighted by atomic mass is 9.77. The lowest BCUT2D eigenvalue weighted by molar-refractivity contribution is 0.414. The van der Waals surface area contributed by atoms with Crippen LogP contribution in [0.2, 0.25) is 0 Å². The largest absolute Gasteiger partial charge is 0.497 e. The highest BCUT2D eigenvalue weighted by atomic mass is 16.5. The first-order valence-electron chi connectivity index (χ1n) is 9.80. The van der Waals surface area contributed by atoms with E-state index < -0.39 is 0 Å². The van der Waals surface area contributed by atoms with Crippen LogP contribution in [0.4, 0.5) is 0 Å². The summed E-state index contributed by atoms with van der Waals surface area (Å²) in [5, 5.41) is 1.33. The average Bonchev–Trinajstić information content (AvgIpc) is 3.13. The molecule has 0 amide bonds. The maximum Gasteiger partial charge on any atom is 0.118 e. The Morgan fingerprint density at radius 2 is 1.64 bits per heavy atom. The van der Waals surface area contributed by atoms with Gasteiger partial charge in [-0.3, -0.25) is 0 Å². The fourth-order valence-corrected chi connectivity index (χ4v) is 4.43. The monoisotopic (exact) mass is 365 g/mol. The normalized spacial score (nSPS) is 15.9. The van der Waals surface area contributed by atoms with Crippen molar-refractivity contribution in [3.63, 3.8) is 0 Å². The number of rotatable bonds is 4. The van der Waals surface area contributed by atoms with Crippen molar-refractivity contribution in [3.8, 4) is 5.75 Å². The third kappa shape index (κ3) is 2.91. The molecule has 0 fully saturated rings. The lowest BCUT2D eigenvalue weighted by Gasteiger charge is -2.27. The SMILES string of the molecule is COc1ccc(C2C(Cc3ccccc3)=CCc3[nH]c4ccccc4c32)cc1. The van der Waals surface area contributed by atoms with Crippen LogP contribution in [0.15, 0.2) is 90.5 Å². The van der Waals surface area contributed by atoms with Crippen LogP contribution in [-0.2, 0) is 12.8 Å². The van der Waals surface area contributed by atoms with E-state index >= 15 is 0 Å². The Morgan fingerprint density at radius 3 is 2.43 bits per heavy atom. The summed E-state index contributed by atoms with van der Waals surface area (Å²) in [5.41, 5.74) is 8.12. The summed E-state index contributed by atoms with van der Waals surface area (Å²) in [6.07, 6.45) is 4.34.